The maximum atomic E-state index is 13.5. The molecule has 1 aliphatic carbocycles. The molecule has 0 bridgehead atoms. The zero-order valence-electron chi connectivity index (χ0n) is 19.8. The largest absolute Gasteiger partial charge is 0.497 e. The highest BCUT2D eigenvalue weighted by Crippen LogP contribution is 2.28. The molecule has 9 heteroatoms. The van der Waals surface area contributed by atoms with Crippen LogP contribution in [-0.2, 0) is 19.6 Å². The Morgan fingerprint density at radius 1 is 1.06 bits per heavy atom. The van der Waals surface area contributed by atoms with Gasteiger partial charge in [-0.25, -0.2) is 9.07 Å². The van der Waals surface area contributed by atoms with Crippen molar-refractivity contribution >= 4 is 10.9 Å². The first-order valence-corrected chi connectivity index (χ1v) is 12.0. The summed E-state index contributed by atoms with van der Waals surface area (Å²) in [6.45, 7) is 1.39. The molecule has 2 heterocycles. The summed E-state index contributed by atoms with van der Waals surface area (Å²) in [6, 6.07) is 14.3. The van der Waals surface area contributed by atoms with Gasteiger partial charge in [0.1, 0.15) is 11.6 Å². The molecule has 0 aliphatic heterocycles. The van der Waals surface area contributed by atoms with E-state index in [1.165, 1.54) is 31.4 Å². The number of nitrogens with zero attached hydrogens (tertiary/aromatic N) is 5. The summed E-state index contributed by atoms with van der Waals surface area (Å²) >= 11 is 0. The fourth-order valence-corrected chi connectivity index (χ4v) is 4.85. The monoisotopic (exact) mass is 476 g/mol. The van der Waals surface area contributed by atoms with Crippen LogP contribution >= 0.6 is 0 Å². The van der Waals surface area contributed by atoms with E-state index in [0.29, 0.717) is 37.0 Å². The molecule has 1 fully saturated rings. The molecule has 4 aromatic rings. The average molecular weight is 477 g/mol. The lowest BCUT2D eigenvalue weighted by Crippen LogP contribution is -2.29. The van der Waals surface area contributed by atoms with E-state index in [9.17, 15) is 9.18 Å². The third kappa shape index (κ3) is 5.40. The van der Waals surface area contributed by atoms with E-state index >= 15 is 0 Å². The smallest absolute Gasteiger partial charge is 0.252 e. The van der Waals surface area contributed by atoms with E-state index in [0.717, 1.165) is 35.1 Å². The first-order valence-electron chi connectivity index (χ1n) is 12.0. The number of hydrogen-bond acceptors (Lipinski definition) is 6. The summed E-state index contributed by atoms with van der Waals surface area (Å²) in [5.74, 6) is 1.19. The lowest BCUT2D eigenvalue weighted by atomic mass is 9.95. The molecule has 0 saturated heterocycles. The van der Waals surface area contributed by atoms with Crippen LogP contribution in [0, 0.1) is 5.82 Å². The summed E-state index contributed by atoms with van der Waals surface area (Å²) in [5, 5.41) is 13.5. The maximum absolute atomic E-state index is 13.5. The second-order valence-electron chi connectivity index (χ2n) is 9.18. The van der Waals surface area contributed by atoms with E-state index in [1.807, 2.05) is 28.9 Å². The molecule has 0 spiro atoms. The van der Waals surface area contributed by atoms with Gasteiger partial charge in [-0.05, 0) is 64.5 Å². The van der Waals surface area contributed by atoms with Crippen molar-refractivity contribution in [2.24, 2.45) is 0 Å². The third-order valence-electron chi connectivity index (χ3n) is 6.69. The Kier molecular flexibility index (Phi) is 6.85. The molecule has 0 amide bonds. The zero-order chi connectivity index (χ0) is 24.2. The quantitative estimate of drug-likeness (QED) is 0.406. The minimum Gasteiger partial charge on any atom is -0.497 e. The molecule has 2 aromatic carbocycles. The molecule has 0 atom stereocenters. The number of hydrogen-bond donors (Lipinski definition) is 1. The van der Waals surface area contributed by atoms with Crippen molar-refractivity contribution < 1.29 is 9.13 Å². The second-order valence-corrected chi connectivity index (χ2v) is 9.18. The maximum Gasteiger partial charge on any atom is 0.252 e. The summed E-state index contributed by atoms with van der Waals surface area (Å²) in [4.78, 5) is 18.1. The van der Waals surface area contributed by atoms with Gasteiger partial charge in [-0.3, -0.25) is 9.69 Å². The molecular weight excluding hydrogens is 447 g/mol. The zero-order valence-corrected chi connectivity index (χ0v) is 19.8. The topological polar surface area (TPSA) is 88.9 Å². The fraction of sp³-hybridized carbons (Fsp3) is 0.385. The van der Waals surface area contributed by atoms with Gasteiger partial charge in [0, 0.05) is 24.7 Å². The highest BCUT2D eigenvalue weighted by Gasteiger charge is 2.22. The average Bonchev–Trinajstić information content (AvgIpc) is 3.34. The Morgan fingerprint density at radius 2 is 1.86 bits per heavy atom. The van der Waals surface area contributed by atoms with Gasteiger partial charge in [0.25, 0.3) is 5.56 Å². The van der Waals surface area contributed by atoms with Crippen molar-refractivity contribution in [1.82, 2.24) is 30.1 Å². The summed E-state index contributed by atoms with van der Waals surface area (Å²) in [5.41, 5.74) is 2.16. The Balaban J connectivity index is 1.44. The Hall–Kier alpha value is -3.59. The molecule has 35 heavy (non-hydrogen) atoms. The van der Waals surface area contributed by atoms with Gasteiger partial charge in [0.05, 0.1) is 25.2 Å². The van der Waals surface area contributed by atoms with Gasteiger partial charge < -0.3 is 9.72 Å². The predicted molar refractivity (Wildman–Crippen MR) is 130 cm³/mol. The van der Waals surface area contributed by atoms with Crippen molar-refractivity contribution in [1.29, 1.82) is 0 Å². The van der Waals surface area contributed by atoms with Gasteiger partial charge >= 0.3 is 0 Å². The molecule has 0 radical (unpaired) electrons. The van der Waals surface area contributed by atoms with Gasteiger partial charge in [0.2, 0.25) is 0 Å². The third-order valence-corrected chi connectivity index (χ3v) is 6.69. The standard InChI is InChI=1S/C26H29FN6O2/c1-35-23-12-9-19-13-20(26(34)28-24(19)14-23)16-32(15-18-7-10-21(27)11-8-18)17-25-29-30-31-33(25)22-5-3-2-4-6-22/h7-14,22H,2-6,15-17H2,1H3,(H,28,34). The van der Waals surface area contributed by atoms with Crippen molar-refractivity contribution in [2.75, 3.05) is 7.11 Å². The number of halogens is 1. The van der Waals surface area contributed by atoms with Crippen molar-refractivity contribution in [2.45, 2.75) is 57.8 Å². The molecule has 1 saturated carbocycles. The van der Waals surface area contributed by atoms with E-state index < -0.39 is 0 Å². The van der Waals surface area contributed by atoms with Crippen LogP contribution < -0.4 is 10.3 Å². The number of methoxy groups -OCH3 is 1. The summed E-state index contributed by atoms with van der Waals surface area (Å²) in [7, 11) is 1.60. The molecule has 1 N–H and O–H groups in total. The predicted octanol–water partition coefficient (Wildman–Crippen LogP) is 4.37. The number of nitrogens with one attached hydrogen (secondary N) is 1. The number of tetrazole rings is 1. The number of benzene rings is 2. The molecule has 0 unspecified atom stereocenters. The van der Waals surface area contributed by atoms with E-state index in [4.69, 9.17) is 4.74 Å². The lowest BCUT2D eigenvalue weighted by Gasteiger charge is -2.25. The van der Waals surface area contributed by atoms with Crippen molar-refractivity contribution in [3.8, 4) is 5.75 Å². The second kappa shape index (κ2) is 10.4. The summed E-state index contributed by atoms with van der Waals surface area (Å²) in [6.07, 6.45) is 5.76. The van der Waals surface area contributed by atoms with Gasteiger partial charge in [-0.2, -0.15) is 0 Å². The number of fused-ring (bicyclic) bond motifs is 1. The van der Waals surface area contributed by atoms with Crippen LogP contribution in [0.2, 0.25) is 0 Å². The van der Waals surface area contributed by atoms with E-state index in [1.54, 1.807) is 19.2 Å². The van der Waals surface area contributed by atoms with Crippen LogP contribution in [0.5, 0.6) is 5.75 Å². The van der Waals surface area contributed by atoms with Gasteiger partial charge in [-0.15, -0.1) is 5.10 Å². The van der Waals surface area contributed by atoms with Crippen LogP contribution in [0.25, 0.3) is 10.9 Å². The van der Waals surface area contributed by atoms with Gasteiger partial charge in [-0.1, -0.05) is 31.4 Å². The molecule has 5 rings (SSSR count). The number of pyridine rings is 1. The number of ether oxygens (including phenoxy) is 1. The normalized spacial score (nSPS) is 14.6. The minimum absolute atomic E-state index is 0.151. The lowest BCUT2D eigenvalue weighted by molar-refractivity contribution is 0.225. The van der Waals surface area contributed by atoms with E-state index in [-0.39, 0.29) is 11.4 Å². The van der Waals surface area contributed by atoms with Gasteiger partial charge in [0.15, 0.2) is 5.82 Å². The number of aromatic nitrogens is 5. The Morgan fingerprint density at radius 3 is 2.63 bits per heavy atom. The summed E-state index contributed by atoms with van der Waals surface area (Å²) < 4.78 is 20.7. The SMILES string of the molecule is COc1ccc2cc(CN(Cc3ccc(F)cc3)Cc3nnnn3C3CCCCC3)c(=O)[nH]c2c1. The first kappa shape index (κ1) is 23.2. The highest BCUT2D eigenvalue weighted by atomic mass is 19.1. The highest BCUT2D eigenvalue weighted by molar-refractivity contribution is 5.80. The van der Waals surface area contributed by atoms with Crippen LogP contribution in [0.15, 0.2) is 53.3 Å². The van der Waals surface area contributed by atoms with Crippen LogP contribution in [0.3, 0.4) is 0 Å². The first-order chi connectivity index (χ1) is 17.1. The van der Waals surface area contributed by atoms with Crippen molar-refractivity contribution in [3.05, 3.63) is 81.7 Å². The minimum atomic E-state index is -0.275. The van der Waals surface area contributed by atoms with Crippen LogP contribution in [-0.4, -0.2) is 37.2 Å². The van der Waals surface area contributed by atoms with E-state index in [2.05, 4.69) is 25.4 Å². The van der Waals surface area contributed by atoms with Crippen LogP contribution in [0.4, 0.5) is 4.39 Å². The number of H-pyrrole nitrogens is 1. The fourth-order valence-electron chi connectivity index (χ4n) is 4.85. The number of aromatic amines is 1. The van der Waals surface area contributed by atoms with Crippen molar-refractivity contribution in [3.63, 3.8) is 0 Å². The molecule has 2 aromatic heterocycles. The molecule has 8 nitrogen and oxygen atoms in total. The molecular formula is C26H29FN6O2. The Labute approximate surface area is 202 Å². The molecule has 182 valence electrons. The molecule has 1 aliphatic rings. The van der Waals surface area contributed by atoms with Crippen LogP contribution in [0.1, 0.15) is 55.1 Å². The Bertz CT molecular complexity index is 1340. The number of rotatable bonds is 8.